The van der Waals surface area contributed by atoms with E-state index in [-0.39, 0.29) is 5.91 Å². The summed E-state index contributed by atoms with van der Waals surface area (Å²) in [6.07, 6.45) is 5.26. The second-order valence-electron chi connectivity index (χ2n) is 8.46. The van der Waals surface area contributed by atoms with Crippen molar-refractivity contribution in [3.63, 3.8) is 0 Å². The summed E-state index contributed by atoms with van der Waals surface area (Å²) < 4.78 is 5.35. The minimum Gasteiger partial charge on any atom is -0.497 e. The number of rotatable bonds is 4. The molecule has 0 saturated carbocycles. The molecule has 32 heavy (non-hydrogen) atoms. The lowest BCUT2D eigenvalue weighted by Crippen LogP contribution is -2.48. The molecule has 0 aliphatic carbocycles. The van der Waals surface area contributed by atoms with E-state index in [0.717, 1.165) is 54.3 Å². The Balaban J connectivity index is 1.32. The van der Waals surface area contributed by atoms with Gasteiger partial charge in [0.2, 0.25) is 0 Å². The van der Waals surface area contributed by atoms with Gasteiger partial charge in [0.15, 0.2) is 0 Å². The molecular formula is C25H29N5O2. The zero-order chi connectivity index (χ0) is 21.9. The molecule has 7 nitrogen and oxygen atoms in total. The zero-order valence-corrected chi connectivity index (χ0v) is 18.5. The first-order valence-corrected chi connectivity index (χ1v) is 11.4. The van der Waals surface area contributed by atoms with E-state index in [1.165, 1.54) is 19.3 Å². The topological polar surface area (TPSA) is 61.8 Å². The molecule has 0 bridgehead atoms. The lowest BCUT2D eigenvalue weighted by molar-refractivity contribution is 0.0747. The quantitative estimate of drug-likeness (QED) is 0.629. The summed E-state index contributed by atoms with van der Waals surface area (Å²) in [5.41, 5.74) is 2.73. The highest BCUT2D eigenvalue weighted by Gasteiger charge is 2.24. The van der Waals surface area contributed by atoms with Gasteiger partial charge in [0.1, 0.15) is 17.9 Å². The Morgan fingerprint density at radius 1 is 0.875 bits per heavy atom. The van der Waals surface area contributed by atoms with Gasteiger partial charge in [-0.05, 0) is 49.6 Å². The lowest BCUT2D eigenvalue weighted by atomic mass is 10.1. The number of benzene rings is 2. The molecule has 0 unspecified atom stereocenters. The first kappa shape index (κ1) is 20.5. The molecule has 1 amide bonds. The van der Waals surface area contributed by atoms with Crippen LogP contribution in [0, 0.1) is 0 Å². The second kappa shape index (κ2) is 9.02. The largest absolute Gasteiger partial charge is 0.497 e. The molecular weight excluding hydrogens is 402 g/mol. The van der Waals surface area contributed by atoms with Crippen LogP contribution >= 0.6 is 0 Å². The molecule has 2 saturated heterocycles. The predicted octanol–water partition coefficient (Wildman–Crippen LogP) is 3.59. The van der Waals surface area contributed by atoms with Crippen molar-refractivity contribution >= 4 is 28.3 Å². The highest BCUT2D eigenvalue weighted by Crippen LogP contribution is 2.27. The summed E-state index contributed by atoms with van der Waals surface area (Å²) in [6.45, 7) is 5.01. The summed E-state index contributed by atoms with van der Waals surface area (Å²) >= 11 is 0. The zero-order valence-electron chi connectivity index (χ0n) is 18.5. The van der Waals surface area contributed by atoms with E-state index in [1.807, 2.05) is 41.3 Å². The SMILES string of the molecule is COc1cccc(N2CCN(C(=O)c3ccc4ncnc(N5CCCCC5)c4c3)CC2)c1. The molecule has 0 radical (unpaired) electrons. The molecule has 3 heterocycles. The van der Waals surface area contributed by atoms with Crippen LogP contribution in [-0.2, 0) is 0 Å². The van der Waals surface area contributed by atoms with Gasteiger partial charge in [0.05, 0.1) is 12.6 Å². The number of carbonyl (C=O) groups excluding carboxylic acids is 1. The molecule has 2 aromatic carbocycles. The Kier molecular flexibility index (Phi) is 5.79. The van der Waals surface area contributed by atoms with E-state index in [2.05, 4.69) is 25.8 Å². The van der Waals surface area contributed by atoms with Gasteiger partial charge >= 0.3 is 0 Å². The fourth-order valence-corrected chi connectivity index (χ4v) is 4.69. The number of anilines is 2. The molecule has 0 atom stereocenters. The first-order chi connectivity index (χ1) is 15.7. The third-order valence-corrected chi connectivity index (χ3v) is 6.50. The van der Waals surface area contributed by atoms with Gasteiger partial charge in [-0.15, -0.1) is 0 Å². The van der Waals surface area contributed by atoms with Crippen LogP contribution in [-0.4, -0.2) is 67.2 Å². The summed E-state index contributed by atoms with van der Waals surface area (Å²) in [7, 11) is 1.68. The van der Waals surface area contributed by atoms with Crippen LogP contribution in [0.2, 0.25) is 0 Å². The Morgan fingerprint density at radius 2 is 1.69 bits per heavy atom. The number of hydrogen-bond donors (Lipinski definition) is 0. The Bertz CT molecular complexity index is 1100. The molecule has 7 heteroatoms. The third-order valence-electron chi connectivity index (χ3n) is 6.50. The van der Waals surface area contributed by atoms with Gasteiger partial charge in [-0.1, -0.05) is 6.07 Å². The number of nitrogens with zero attached hydrogens (tertiary/aromatic N) is 5. The van der Waals surface area contributed by atoms with Crippen LogP contribution in [0.1, 0.15) is 29.6 Å². The number of amides is 1. The van der Waals surface area contributed by atoms with Gasteiger partial charge in [-0.2, -0.15) is 0 Å². The number of fused-ring (bicyclic) bond motifs is 1. The van der Waals surface area contributed by atoms with Crippen LogP contribution in [0.5, 0.6) is 5.75 Å². The molecule has 2 aliphatic heterocycles. The van der Waals surface area contributed by atoms with E-state index in [9.17, 15) is 4.79 Å². The summed E-state index contributed by atoms with van der Waals surface area (Å²) in [5.74, 6) is 1.88. The van der Waals surface area contributed by atoms with Crippen molar-refractivity contribution in [2.45, 2.75) is 19.3 Å². The molecule has 2 fully saturated rings. The molecule has 3 aromatic rings. The lowest BCUT2D eigenvalue weighted by Gasteiger charge is -2.36. The van der Waals surface area contributed by atoms with Crippen LogP contribution in [0.25, 0.3) is 10.9 Å². The van der Waals surface area contributed by atoms with Crippen molar-refractivity contribution in [3.8, 4) is 5.75 Å². The number of carbonyl (C=O) groups is 1. The van der Waals surface area contributed by atoms with Crippen molar-refractivity contribution in [2.24, 2.45) is 0 Å². The van der Waals surface area contributed by atoms with Crippen LogP contribution < -0.4 is 14.5 Å². The Labute approximate surface area is 188 Å². The van der Waals surface area contributed by atoms with Gasteiger partial charge < -0.3 is 19.4 Å². The maximum atomic E-state index is 13.3. The fourth-order valence-electron chi connectivity index (χ4n) is 4.69. The normalized spacial score (nSPS) is 17.0. The van der Waals surface area contributed by atoms with E-state index in [4.69, 9.17) is 4.74 Å². The molecule has 166 valence electrons. The van der Waals surface area contributed by atoms with Crippen molar-refractivity contribution in [2.75, 3.05) is 56.2 Å². The van der Waals surface area contributed by atoms with Gasteiger partial charge in [-0.3, -0.25) is 4.79 Å². The number of ether oxygens (including phenoxy) is 1. The smallest absolute Gasteiger partial charge is 0.254 e. The average Bonchev–Trinajstić information content (AvgIpc) is 2.88. The van der Waals surface area contributed by atoms with Crippen LogP contribution in [0.4, 0.5) is 11.5 Å². The van der Waals surface area contributed by atoms with Crippen molar-refractivity contribution < 1.29 is 9.53 Å². The summed E-state index contributed by atoms with van der Waals surface area (Å²) in [6, 6.07) is 13.9. The number of piperazine rings is 1. The standard InChI is InChI=1S/C25H29N5O2/c1-32-21-7-5-6-20(17-21)28-12-14-30(15-13-28)25(31)19-8-9-23-22(16-19)24(27-18-26-23)29-10-3-2-4-11-29/h5-9,16-18H,2-4,10-15H2,1H3. The minimum absolute atomic E-state index is 0.0747. The maximum Gasteiger partial charge on any atom is 0.254 e. The number of hydrogen-bond acceptors (Lipinski definition) is 6. The summed E-state index contributed by atoms with van der Waals surface area (Å²) in [4.78, 5) is 28.9. The van der Waals surface area contributed by atoms with E-state index in [1.54, 1.807) is 13.4 Å². The predicted molar refractivity (Wildman–Crippen MR) is 127 cm³/mol. The third kappa shape index (κ3) is 4.07. The number of piperidine rings is 1. The Hall–Kier alpha value is -3.35. The van der Waals surface area contributed by atoms with Gasteiger partial charge in [0.25, 0.3) is 5.91 Å². The van der Waals surface area contributed by atoms with Crippen molar-refractivity contribution in [1.29, 1.82) is 0 Å². The fraction of sp³-hybridized carbons (Fsp3) is 0.400. The number of methoxy groups -OCH3 is 1. The van der Waals surface area contributed by atoms with E-state index >= 15 is 0 Å². The molecule has 0 spiro atoms. The van der Waals surface area contributed by atoms with Crippen molar-refractivity contribution in [3.05, 3.63) is 54.4 Å². The highest BCUT2D eigenvalue weighted by molar-refractivity contribution is 6.00. The van der Waals surface area contributed by atoms with Gasteiger partial charge in [-0.25, -0.2) is 9.97 Å². The molecule has 5 rings (SSSR count). The van der Waals surface area contributed by atoms with Crippen LogP contribution in [0.15, 0.2) is 48.8 Å². The van der Waals surface area contributed by atoms with Crippen LogP contribution in [0.3, 0.4) is 0 Å². The Morgan fingerprint density at radius 3 is 2.47 bits per heavy atom. The molecule has 2 aliphatic rings. The highest BCUT2D eigenvalue weighted by atomic mass is 16.5. The first-order valence-electron chi connectivity index (χ1n) is 11.4. The average molecular weight is 432 g/mol. The van der Waals surface area contributed by atoms with E-state index in [0.29, 0.717) is 18.7 Å². The maximum absolute atomic E-state index is 13.3. The monoisotopic (exact) mass is 431 g/mol. The van der Waals surface area contributed by atoms with Gasteiger partial charge in [0, 0.05) is 62.0 Å². The minimum atomic E-state index is 0.0747. The van der Waals surface area contributed by atoms with Crippen molar-refractivity contribution in [1.82, 2.24) is 14.9 Å². The molecule has 0 N–H and O–H groups in total. The summed E-state index contributed by atoms with van der Waals surface area (Å²) in [5, 5.41) is 0.968. The molecule has 1 aromatic heterocycles. The van der Waals surface area contributed by atoms with E-state index < -0.39 is 0 Å². The second-order valence-corrected chi connectivity index (χ2v) is 8.46. The number of aromatic nitrogens is 2.